The smallest absolute Gasteiger partial charge is 0.224 e. The number of amides is 1. The summed E-state index contributed by atoms with van der Waals surface area (Å²) in [5.74, 6) is 2.57. The van der Waals surface area contributed by atoms with Gasteiger partial charge < -0.3 is 15.2 Å². The van der Waals surface area contributed by atoms with Crippen molar-refractivity contribution in [2.24, 2.45) is 17.8 Å². The Morgan fingerprint density at radius 3 is 2.90 bits per heavy atom. The zero-order valence-electron chi connectivity index (χ0n) is 12.9. The summed E-state index contributed by atoms with van der Waals surface area (Å²) in [6.07, 6.45) is 5.54. The molecule has 2 fully saturated rings. The lowest BCUT2D eigenvalue weighted by Gasteiger charge is -2.29. The molecule has 0 bridgehead atoms. The van der Waals surface area contributed by atoms with Crippen LogP contribution in [0.1, 0.15) is 38.2 Å². The molecule has 1 aromatic rings. The number of piperidine rings is 1. The van der Waals surface area contributed by atoms with E-state index >= 15 is 0 Å². The van der Waals surface area contributed by atoms with Gasteiger partial charge in [-0.2, -0.15) is 0 Å². The van der Waals surface area contributed by atoms with Crippen LogP contribution in [-0.2, 0) is 23.3 Å². The maximum absolute atomic E-state index is 12.5. The van der Waals surface area contributed by atoms with Crippen LogP contribution in [0.15, 0.2) is 6.20 Å². The van der Waals surface area contributed by atoms with Crippen molar-refractivity contribution in [3.8, 4) is 0 Å². The van der Waals surface area contributed by atoms with Crippen LogP contribution < -0.4 is 10.6 Å². The van der Waals surface area contributed by atoms with E-state index in [1.54, 1.807) is 0 Å². The molecule has 1 saturated carbocycles. The van der Waals surface area contributed by atoms with Gasteiger partial charge in [0.2, 0.25) is 5.91 Å². The number of carbonyl (C=O) groups is 1. The second-order valence-corrected chi connectivity index (χ2v) is 7.31. The first kappa shape index (κ1) is 13.3. The third kappa shape index (κ3) is 2.09. The molecule has 0 unspecified atom stereocenters. The van der Waals surface area contributed by atoms with E-state index < -0.39 is 5.54 Å². The summed E-state index contributed by atoms with van der Waals surface area (Å²) >= 11 is 0. The van der Waals surface area contributed by atoms with Gasteiger partial charge in [0.1, 0.15) is 5.82 Å². The van der Waals surface area contributed by atoms with E-state index in [1.165, 1.54) is 18.5 Å². The molecule has 5 nitrogen and oxygen atoms in total. The summed E-state index contributed by atoms with van der Waals surface area (Å²) in [5, 5.41) is 6.59. The lowest BCUT2D eigenvalue weighted by Crippen LogP contribution is -2.45. The molecule has 3 heterocycles. The van der Waals surface area contributed by atoms with E-state index in [4.69, 9.17) is 0 Å². The number of aromatic nitrogens is 2. The van der Waals surface area contributed by atoms with Gasteiger partial charge in [-0.05, 0) is 58.0 Å². The minimum absolute atomic E-state index is 0.213. The van der Waals surface area contributed by atoms with Gasteiger partial charge in [0.05, 0.1) is 5.54 Å². The quantitative estimate of drug-likeness (QED) is 0.873. The van der Waals surface area contributed by atoms with Crippen molar-refractivity contribution in [3.63, 3.8) is 0 Å². The molecular formula is C16H24N4O. The largest absolute Gasteiger partial charge is 0.344 e. The molecule has 21 heavy (non-hydrogen) atoms. The van der Waals surface area contributed by atoms with Crippen molar-refractivity contribution in [1.29, 1.82) is 0 Å². The molecule has 3 atom stereocenters. The second kappa shape index (κ2) is 4.57. The molecule has 3 aliphatic rings. The number of rotatable bonds is 3. The molecule has 5 heteroatoms. The summed E-state index contributed by atoms with van der Waals surface area (Å²) < 4.78 is 2.30. The Morgan fingerprint density at radius 2 is 2.14 bits per heavy atom. The zero-order chi connectivity index (χ0) is 14.6. The van der Waals surface area contributed by atoms with Crippen molar-refractivity contribution in [3.05, 3.63) is 17.7 Å². The van der Waals surface area contributed by atoms with Crippen molar-refractivity contribution < 1.29 is 4.79 Å². The van der Waals surface area contributed by atoms with E-state index in [2.05, 4.69) is 34.0 Å². The Hall–Kier alpha value is -1.36. The Kier molecular flexibility index (Phi) is 2.89. The molecule has 0 spiro atoms. The summed E-state index contributed by atoms with van der Waals surface area (Å²) in [5.41, 5.74) is 0.919. The van der Waals surface area contributed by atoms with E-state index in [9.17, 15) is 4.79 Å². The van der Waals surface area contributed by atoms with E-state index in [0.29, 0.717) is 11.8 Å². The Balaban J connectivity index is 1.51. The number of aryl methyl sites for hydroxylation is 1. The minimum Gasteiger partial charge on any atom is -0.344 e. The second-order valence-electron chi connectivity index (χ2n) is 7.31. The molecule has 2 N–H and O–H groups in total. The fourth-order valence-corrected chi connectivity index (χ4v) is 4.19. The average molecular weight is 288 g/mol. The fourth-order valence-electron chi connectivity index (χ4n) is 4.19. The van der Waals surface area contributed by atoms with Crippen LogP contribution in [-0.4, -0.2) is 28.5 Å². The molecule has 4 rings (SSSR count). The fraction of sp³-hybridized carbons (Fsp3) is 0.750. The lowest BCUT2D eigenvalue weighted by atomic mass is 10.0. The highest BCUT2D eigenvalue weighted by Gasteiger charge is 2.57. The van der Waals surface area contributed by atoms with Crippen LogP contribution in [0.4, 0.5) is 0 Å². The van der Waals surface area contributed by atoms with Crippen LogP contribution in [0.3, 0.4) is 0 Å². The lowest BCUT2D eigenvalue weighted by molar-refractivity contribution is -0.124. The van der Waals surface area contributed by atoms with Crippen molar-refractivity contribution >= 4 is 5.91 Å². The standard InChI is InChI=1S/C16H24N4O/c1-16(2,15-18-7-10-5-3-4-6-20(10)15)19-14(21)13-11-8-17-9-12(11)13/h7,11-13,17H,3-6,8-9H2,1-2H3,(H,19,21)/t11-,12+,13+. The predicted octanol–water partition coefficient (Wildman–Crippen LogP) is 1.04. The normalized spacial score (nSPS) is 30.7. The Bertz CT molecular complexity index is 567. The summed E-state index contributed by atoms with van der Waals surface area (Å²) in [6.45, 7) is 7.18. The Labute approximate surface area is 125 Å². The first-order valence-corrected chi connectivity index (χ1v) is 8.15. The van der Waals surface area contributed by atoms with Gasteiger partial charge in [-0.15, -0.1) is 0 Å². The maximum atomic E-state index is 12.5. The number of hydrogen-bond donors (Lipinski definition) is 2. The number of hydrogen-bond acceptors (Lipinski definition) is 3. The van der Waals surface area contributed by atoms with Gasteiger partial charge in [-0.3, -0.25) is 4.79 Å². The molecular weight excluding hydrogens is 264 g/mol. The minimum atomic E-state index is -0.392. The van der Waals surface area contributed by atoms with Crippen molar-refractivity contribution in [1.82, 2.24) is 20.2 Å². The van der Waals surface area contributed by atoms with Gasteiger partial charge in [0, 0.05) is 24.4 Å². The van der Waals surface area contributed by atoms with Crippen LogP contribution >= 0.6 is 0 Å². The van der Waals surface area contributed by atoms with E-state index in [1.807, 2.05) is 6.20 Å². The van der Waals surface area contributed by atoms with E-state index in [-0.39, 0.29) is 11.8 Å². The van der Waals surface area contributed by atoms with E-state index in [0.717, 1.165) is 31.9 Å². The first-order valence-electron chi connectivity index (χ1n) is 8.15. The van der Waals surface area contributed by atoms with Gasteiger partial charge in [-0.25, -0.2) is 4.98 Å². The Morgan fingerprint density at radius 1 is 1.38 bits per heavy atom. The van der Waals surface area contributed by atoms with Crippen molar-refractivity contribution in [2.75, 3.05) is 13.1 Å². The highest BCUT2D eigenvalue weighted by molar-refractivity contribution is 5.83. The average Bonchev–Trinajstić information content (AvgIpc) is 2.82. The number of imidazole rings is 1. The number of nitrogens with one attached hydrogen (secondary N) is 2. The van der Waals surface area contributed by atoms with Crippen molar-refractivity contribution in [2.45, 2.75) is 45.2 Å². The molecule has 1 amide bonds. The topological polar surface area (TPSA) is 59.0 Å². The van der Waals surface area contributed by atoms with Crippen LogP contribution in [0.5, 0.6) is 0 Å². The molecule has 0 aromatic carbocycles. The molecule has 2 aliphatic heterocycles. The molecule has 1 saturated heterocycles. The monoisotopic (exact) mass is 288 g/mol. The highest BCUT2D eigenvalue weighted by atomic mass is 16.2. The van der Waals surface area contributed by atoms with Crippen LogP contribution in [0, 0.1) is 17.8 Å². The predicted molar refractivity (Wildman–Crippen MR) is 79.7 cm³/mol. The molecule has 1 aromatic heterocycles. The number of nitrogens with zero attached hydrogens (tertiary/aromatic N) is 2. The third-order valence-electron chi connectivity index (χ3n) is 5.39. The summed E-state index contributed by atoms with van der Waals surface area (Å²) in [7, 11) is 0. The molecule has 0 radical (unpaired) electrons. The third-order valence-corrected chi connectivity index (χ3v) is 5.39. The van der Waals surface area contributed by atoms with Gasteiger partial charge in [-0.1, -0.05) is 0 Å². The number of carbonyl (C=O) groups excluding carboxylic acids is 1. The summed E-state index contributed by atoms with van der Waals surface area (Å²) in [6, 6.07) is 0. The van der Waals surface area contributed by atoms with Gasteiger partial charge in [0.25, 0.3) is 0 Å². The molecule has 114 valence electrons. The summed E-state index contributed by atoms with van der Waals surface area (Å²) in [4.78, 5) is 17.1. The van der Waals surface area contributed by atoms with Gasteiger partial charge >= 0.3 is 0 Å². The first-order chi connectivity index (χ1) is 10.1. The SMILES string of the molecule is CC(C)(NC(=O)[C@H]1[C@@H]2CNC[C@@H]21)c1ncc2n1CCCC2. The zero-order valence-corrected chi connectivity index (χ0v) is 12.9. The number of fused-ring (bicyclic) bond motifs is 2. The highest BCUT2D eigenvalue weighted by Crippen LogP contribution is 2.49. The molecule has 1 aliphatic carbocycles. The van der Waals surface area contributed by atoms with Crippen LogP contribution in [0.2, 0.25) is 0 Å². The van der Waals surface area contributed by atoms with Crippen LogP contribution in [0.25, 0.3) is 0 Å². The van der Waals surface area contributed by atoms with Gasteiger partial charge in [0.15, 0.2) is 0 Å². The maximum Gasteiger partial charge on any atom is 0.224 e.